The Kier molecular flexibility index (Phi) is 12.8. The van der Waals surface area contributed by atoms with E-state index in [2.05, 4.69) is 0 Å². The van der Waals surface area contributed by atoms with Gasteiger partial charge in [-0.2, -0.15) is 0 Å². The molecule has 3 unspecified atom stereocenters. The van der Waals surface area contributed by atoms with Crippen LogP contribution in [0.1, 0.15) is 88.4 Å². The van der Waals surface area contributed by atoms with Crippen LogP contribution >= 0.6 is 0 Å². The highest BCUT2D eigenvalue weighted by Gasteiger charge is 2.41. The largest absolute Gasteiger partial charge is 0.492 e. The van der Waals surface area contributed by atoms with E-state index < -0.39 is 72.2 Å². The number of rotatable bonds is 11. The van der Waals surface area contributed by atoms with Crippen LogP contribution in [0.5, 0.6) is 11.5 Å². The van der Waals surface area contributed by atoms with Crippen LogP contribution in [-0.2, 0) is 28.5 Å². The van der Waals surface area contributed by atoms with E-state index in [1.54, 1.807) is 71.9 Å². The molecule has 2 saturated heterocycles. The van der Waals surface area contributed by atoms with E-state index in [-0.39, 0.29) is 28.5 Å². The van der Waals surface area contributed by atoms with Gasteiger partial charge < -0.3 is 28.4 Å². The second-order valence-corrected chi connectivity index (χ2v) is 15.2. The van der Waals surface area contributed by atoms with Crippen molar-refractivity contribution < 1.29 is 57.2 Å². The fraction of sp³-hybridized carbons (Fsp3) is 0.538. The summed E-state index contributed by atoms with van der Waals surface area (Å²) in [4.78, 5) is 80.1. The minimum atomic E-state index is -0.857. The van der Waals surface area contributed by atoms with Crippen molar-refractivity contribution in [1.29, 1.82) is 0 Å². The topological polar surface area (TPSA) is 164 Å². The van der Waals surface area contributed by atoms with Crippen LogP contribution in [-0.4, -0.2) is 109 Å². The average molecular weight is 739 g/mol. The van der Waals surface area contributed by atoms with Crippen molar-refractivity contribution >= 4 is 35.7 Å². The normalized spacial score (nSPS) is 18.6. The highest BCUT2D eigenvalue weighted by atomic mass is 16.6. The highest BCUT2D eigenvalue weighted by molar-refractivity contribution is 6.03. The number of carbonyl (C=O) groups excluding carboxylic acids is 6. The Morgan fingerprint density at radius 1 is 0.698 bits per heavy atom. The van der Waals surface area contributed by atoms with Crippen LogP contribution in [0.4, 0.5) is 9.59 Å². The smallest absolute Gasteiger partial charge is 0.411 e. The lowest BCUT2D eigenvalue weighted by Gasteiger charge is -2.27. The van der Waals surface area contributed by atoms with Crippen LogP contribution in [0.3, 0.4) is 0 Å². The molecule has 53 heavy (non-hydrogen) atoms. The van der Waals surface area contributed by atoms with Gasteiger partial charge in [0, 0.05) is 24.2 Å². The zero-order chi connectivity index (χ0) is 39.2. The van der Waals surface area contributed by atoms with E-state index in [4.69, 9.17) is 28.4 Å². The van der Waals surface area contributed by atoms with Gasteiger partial charge >= 0.3 is 24.1 Å². The number of likely N-dealkylation sites (tertiary alicyclic amines) is 2. The van der Waals surface area contributed by atoms with Gasteiger partial charge in [0.25, 0.3) is 0 Å². The van der Waals surface area contributed by atoms with Gasteiger partial charge in [-0.25, -0.2) is 19.2 Å². The molecule has 2 fully saturated rings. The summed E-state index contributed by atoms with van der Waals surface area (Å²) in [5.41, 5.74) is 0.139. The maximum absolute atomic E-state index is 13.3. The molecular formula is C39H50N2O12. The predicted molar refractivity (Wildman–Crippen MR) is 192 cm³/mol. The number of Topliss-reactive ketones (excluding diaryl/α,β-unsaturated/α-hetero) is 2. The first kappa shape index (κ1) is 40.6. The fourth-order valence-corrected chi connectivity index (χ4v) is 6.22. The molecule has 0 N–H and O–H groups in total. The molecule has 0 aliphatic carbocycles. The molecule has 14 heteroatoms. The number of esters is 2. The van der Waals surface area contributed by atoms with Gasteiger partial charge in [0.2, 0.25) is 5.78 Å². The first-order valence-electron chi connectivity index (χ1n) is 17.6. The Bertz CT molecular complexity index is 1710. The summed E-state index contributed by atoms with van der Waals surface area (Å²) < 4.78 is 32.8. The van der Waals surface area contributed by atoms with E-state index >= 15 is 0 Å². The van der Waals surface area contributed by atoms with Crippen LogP contribution in [0, 0.1) is 5.92 Å². The van der Waals surface area contributed by atoms with Gasteiger partial charge in [-0.15, -0.1) is 0 Å². The molecule has 0 radical (unpaired) electrons. The molecule has 0 saturated carbocycles. The molecule has 14 nitrogen and oxygen atoms in total. The summed E-state index contributed by atoms with van der Waals surface area (Å²) in [5.74, 6) is -1.94. The average Bonchev–Trinajstić information content (AvgIpc) is 3.75. The maximum Gasteiger partial charge on any atom is 0.411 e. The number of carbonyl (C=O) groups is 6. The molecule has 0 aromatic heterocycles. The fourth-order valence-electron chi connectivity index (χ4n) is 6.22. The molecule has 3 atom stereocenters. The van der Waals surface area contributed by atoms with E-state index in [1.807, 2.05) is 6.92 Å². The number of hydrogen-bond acceptors (Lipinski definition) is 12. The molecule has 2 aromatic carbocycles. The number of methoxy groups -OCH3 is 2. The van der Waals surface area contributed by atoms with E-state index in [1.165, 1.54) is 30.1 Å². The molecule has 2 amide bonds. The van der Waals surface area contributed by atoms with Crippen LogP contribution in [0.2, 0.25) is 0 Å². The van der Waals surface area contributed by atoms with Crippen molar-refractivity contribution in [2.45, 2.75) is 91.0 Å². The Balaban J connectivity index is 1.40. The van der Waals surface area contributed by atoms with Crippen molar-refractivity contribution in [3.8, 4) is 22.6 Å². The number of hydrogen-bond donors (Lipinski definition) is 0. The Hall–Kier alpha value is -5.14. The Morgan fingerprint density at radius 3 is 1.81 bits per heavy atom. The monoisotopic (exact) mass is 738 g/mol. The lowest BCUT2D eigenvalue weighted by atomic mass is 9.98. The summed E-state index contributed by atoms with van der Waals surface area (Å²) in [6.07, 6.45) is 0.163. The van der Waals surface area contributed by atoms with Crippen molar-refractivity contribution in [3.05, 3.63) is 47.5 Å². The quantitative estimate of drug-likeness (QED) is 0.153. The minimum Gasteiger partial charge on any atom is -0.492 e. The number of ketones is 2. The van der Waals surface area contributed by atoms with Crippen LogP contribution in [0.15, 0.2) is 36.4 Å². The molecule has 2 aliphatic rings. The second-order valence-electron chi connectivity index (χ2n) is 15.2. The van der Waals surface area contributed by atoms with Crippen molar-refractivity contribution in [3.63, 3.8) is 0 Å². The van der Waals surface area contributed by atoms with Crippen LogP contribution < -0.4 is 9.47 Å². The van der Waals surface area contributed by atoms with Crippen molar-refractivity contribution in [2.75, 3.05) is 40.5 Å². The summed E-state index contributed by atoms with van der Waals surface area (Å²) in [5, 5.41) is 0. The molecule has 2 aromatic rings. The Morgan fingerprint density at radius 2 is 1.25 bits per heavy atom. The third kappa shape index (κ3) is 10.3. The first-order valence-corrected chi connectivity index (χ1v) is 17.6. The highest BCUT2D eigenvalue weighted by Crippen LogP contribution is 2.41. The number of nitrogens with zero attached hydrogens (tertiary/aromatic N) is 2. The zero-order valence-electron chi connectivity index (χ0n) is 31.9. The molecule has 2 heterocycles. The number of amides is 2. The summed E-state index contributed by atoms with van der Waals surface area (Å²) in [6, 6.07) is 7.97. The standard InChI is InChI=1S/C39H50N2O12/c1-23-19-29(41(20-23)37(47)53-39(5,6)7)35(45)50-21-30(42)25-14-12-24(13-15-25)26-16-17-27(33(49-9)32(26)48-8)31(43)22-51-34(44)28-11-10-18-40(28)36(46)52-38(2,3)4/h12-17,23,28-29H,10-11,18-22H2,1-9H3. The first-order chi connectivity index (χ1) is 24.8. The van der Waals surface area contributed by atoms with Gasteiger partial charge in [-0.3, -0.25) is 19.4 Å². The van der Waals surface area contributed by atoms with Crippen molar-refractivity contribution in [2.24, 2.45) is 5.92 Å². The van der Waals surface area contributed by atoms with Gasteiger partial charge in [-0.05, 0) is 84.4 Å². The van der Waals surface area contributed by atoms with Crippen molar-refractivity contribution in [1.82, 2.24) is 9.80 Å². The molecule has 2 aliphatic heterocycles. The minimum absolute atomic E-state index is 0.0592. The molecular weight excluding hydrogens is 688 g/mol. The summed E-state index contributed by atoms with van der Waals surface area (Å²) in [6.45, 7) is 12.0. The second kappa shape index (κ2) is 16.7. The lowest BCUT2D eigenvalue weighted by Crippen LogP contribution is -2.44. The Labute approximate surface area is 310 Å². The summed E-state index contributed by atoms with van der Waals surface area (Å²) >= 11 is 0. The predicted octanol–water partition coefficient (Wildman–Crippen LogP) is 5.87. The lowest BCUT2D eigenvalue weighted by molar-refractivity contribution is -0.148. The number of benzene rings is 2. The van der Waals surface area contributed by atoms with E-state index in [0.717, 1.165) is 0 Å². The van der Waals surface area contributed by atoms with Gasteiger partial charge in [0.1, 0.15) is 23.3 Å². The molecule has 288 valence electrons. The zero-order valence-corrected chi connectivity index (χ0v) is 31.9. The van der Waals surface area contributed by atoms with Gasteiger partial charge in [0.15, 0.2) is 30.5 Å². The van der Waals surface area contributed by atoms with Gasteiger partial charge in [0.05, 0.1) is 19.8 Å². The van der Waals surface area contributed by atoms with Crippen LogP contribution in [0.25, 0.3) is 11.1 Å². The van der Waals surface area contributed by atoms with E-state index in [0.29, 0.717) is 43.5 Å². The molecule has 0 bridgehead atoms. The SMILES string of the molecule is COc1c(C(=O)COC(=O)C2CCCN2C(=O)OC(C)(C)C)ccc(-c2ccc(C(=O)COC(=O)C3CC(C)CN3C(=O)OC(C)(C)C)cc2)c1OC. The molecule has 4 rings (SSSR count). The van der Waals surface area contributed by atoms with E-state index in [9.17, 15) is 28.8 Å². The van der Waals surface area contributed by atoms with Gasteiger partial charge in [-0.1, -0.05) is 31.2 Å². The molecule has 0 spiro atoms. The summed E-state index contributed by atoms with van der Waals surface area (Å²) in [7, 11) is 2.80. The third-order valence-electron chi connectivity index (χ3n) is 8.59. The number of ether oxygens (including phenoxy) is 6. The third-order valence-corrected chi connectivity index (χ3v) is 8.59. The maximum atomic E-state index is 13.3.